The lowest BCUT2D eigenvalue weighted by Gasteiger charge is -2.26. The molecule has 2 aliphatic rings. The molecule has 1 aromatic carbocycles. The summed E-state index contributed by atoms with van der Waals surface area (Å²) in [5.41, 5.74) is 2.67. The van der Waals surface area contributed by atoms with E-state index in [-0.39, 0.29) is 5.91 Å². The van der Waals surface area contributed by atoms with Crippen LogP contribution in [0, 0.1) is 12.8 Å². The number of nitrogens with zero attached hydrogens (tertiary/aromatic N) is 2. The van der Waals surface area contributed by atoms with Crippen molar-refractivity contribution in [2.45, 2.75) is 38.8 Å². The van der Waals surface area contributed by atoms with Gasteiger partial charge in [0, 0.05) is 49.2 Å². The molecule has 0 bridgehead atoms. The first-order valence-corrected chi connectivity index (χ1v) is 9.28. The van der Waals surface area contributed by atoms with E-state index in [1.807, 2.05) is 23.7 Å². The first kappa shape index (κ1) is 16.5. The van der Waals surface area contributed by atoms with Crippen LogP contribution in [0.1, 0.15) is 35.2 Å². The molecule has 0 spiro atoms. The zero-order chi connectivity index (χ0) is 17.2. The summed E-state index contributed by atoms with van der Waals surface area (Å²) in [6.45, 7) is 6.20. The van der Waals surface area contributed by atoms with E-state index in [1.165, 1.54) is 6.42 Å². The van der Waals surface area contributed by atoms with E-state index in [0.29, 0.717) is 25.2 Å². The van der Waals surface area contributed by atoms with Gasteiger partial charge in [0.15, 0.2) is 0 Å². The highest BCUT2D eigenvalue weighted by molar-refractivity contribution is 6.00. The van der Waals surface area contributed by atoms with Crippen LogP contribution in [0.2, 0.25) is 0 Å². The Labute approximate surface area is 147 Å². The molecular weight excluding hydrogens is 316 g/mol. The van der Waals surface area contributed by atoms with E-state index in [2.05, 4.69) is 21.9 Å². The molecule has 2 N–H and O–H groups in total. The second-order valence-corrected chi connectivity index (χ2v) is 7.23. The third kappa shape index (κ3) is 3.55. The quantitative estimate of drug-likeness (QED) is 0.754. The topological polar surface area (TPSA) is 68.2 Å². The first-order valence-electron chi connectivity index (χ1n) is 9.28. The van der Waals surface area contributed by atoms with Gasteiger partial charge in [-0.3, -0.25) is 9.48 Å². The molecule has 4 rings (SSSR count). The molecule has 25 heavy (non-hydrogen) atoms. The van der Waals surface area contributed by atoms with Crippen molar-refractivity contribution < 1.29 is 9.53 Å². The van der Waals surface area contributed by atoms with Crippen LogP contribution in [-0.2, 0) is 11.3 Å². The molecule has 134 valence electrons. The maximum absolute atomic E-state index is 12.5. The minimum atomic E-state index is -0.0347. The smallest absolute Gasteiger partial charge is 0.251 e. The molecule has 2 heterocycles. The van der Waals surface area contributed by atoms with Crippen LogP contribution in [0.25, 0.3) is 10.9 Å². The van der Waals surface area contributed by atoms with E-state index < -0.39 is 0 Å². The lowest BCUT2D eigenvalue weighted by Crippen LogP contribution is -2.44. The number of hydrogen-bond donors (Lipinski definition) is 2. The number of rotatable bonds is 7. The highest BCUT2D eigenvalue weighted by atomic mass is 16.5. The fraction of sp³-hybridized carbons (Fsp3) is 0.579. The minimum Gasteiger partial charge on any atom is -0.376 e. The molecule has 1 amide bonds. The van der Waals surface area contributed by atoms with E-state index in [0.717, 1.165) is 54.5 Å². The van der Waals surface area contributed by atoms with Gasteiger partial charge in [0.05, 0.1) is 18.2 Å². The third-order valence-corrected chi connectivity index (χ3v) is 5.36. The molecule has 0 radical (unpaired) electrons. The average molecular weight is 342 g/mol. The van der Waals surface area contributed by atoms with Crippen molar-refractivity contribution in [3.63, 3.8) is 0 Å². The third-order valence-electron chi connectivity index (χ3n) is 5.36. The normalized spacial score (nSPS) is 18.1. The Bertz CT molecular complexity index is 762. The number of ether oxygens (including phenoxy) is 1. The van der Waals surface area contributed by atoms with Gasteiger partial charge in [-0.1, -0.05) is 0 Å². The molecular formula is C19H26N4O2. The van der Waals surface area contributed by atoms with Crippen LogP contribution >= 0.6 is 0 Å². The fourth-order valence-electron chi connectivity index (χ4n) is 3.39. The second-order valence-electron chi connectivity index (χ2n) is 7.23. The van der Waals surface area contributed by atoms with Crippen molar-refractivity contribution in [3.05, 3.63) is 29.5 Å². The number of aryl methyl sites for hydroxylation is 1. The lowest BCUT2D eigenvalue weighted by molar-refractivity contribution is 0.00440. The van der Waals surface area contributed by atoms with Crippen LogP contribution < -0.4 is 10.6 Å². The highest BCUT2D eigenvalue weighted by Crippen LogP contribution is 2.22. The summed E-state index contributed by atoms with van der Waals surface area (Å²) in [6.07, 6.45) is 6.06. The lowest BCUT2D eigenvalue weighted by atomic mass is 9.96. The van der Waals surface area contributed by atoms with Crippen LogP contribution in [-0.4, -0.2) is 48.0 Å². The maximum Gasteiger partial charge on any atom is 0.251 e. The zero-order valence-electron chi connectivity index (χ0n) is 14.8. The molecule has 0 atom stereocenters. The number of carbonyl (C=O) groups is 1. The summed E-state index contributed by atoms with van der Waals surface area (Å²) < 4.78 is 7.70. The minimum absolute atomic E-state index is 0.0347. The molecule has 6 heteroatoms. The zero-order valence-corrected chi connectivity index (χ0v) is 14.8. The predicted octanol–water partition coefficient (Wildman–Crippen LogP) is 1.86. The molecule has 1 aliphatic carbocycles. The number of benzene rings is 1. The Balaban J connectivity index is 1.39. The first-order chi connectivity index (χ1) is 12.2. The Morgan fingerprint density at radius 3 is 2.92 bits per heavy atom. The molecule has 1 saturated carbocycles. The van der Waals surface area contributed by atoms with Gasteiger partial charge in [-0.2, -0.15) is 5.10 Å². The van der Waals surface area contributed by atoms with E-state index in [9.17, 15) is 4.79 Å². The van der Waals surface area contributed by atoms with Gasteiger partial charge in [-0.25, -0.2) is 0 Å². The number of amides is 1. The van der Waals surface area contributed by atoms with Crippen molar-refractivity contribution in [1.82, 2.24) is 20.4 Å². The van der Waals surface area contributed by atoms with E-state index >= 15 is 0 Å². The summed E-state index contributed by atoms with van der Waals surface area (Å²) in [5.74, 6) is 0.626. The molecule has 1 aliphatic heterocycles. The molecule has 6 nitrogen and oxygen atoms in total. The number of hydrogen-bond acceptors (Lipinski definition) is 4. The van der Waals surface area contributed by atoms with E-state index in [4.69, 9.17) is 4.74 Å². The number of carbonyl (C=O) groups excluding carboxylic acids is 1. The Kier molecular flexibility index (Phi) is 4.72. The second kappa shape index (κ2) is 7.14. The van der Waals surface area contributed by atoms with Gasteiger partial charge < -0.3 is 15.4 Å². The molecule has 1 aromatic heterocycles. The largest absolute Gasteiger partial charge is 0.376 e. The summed E-state index contributed by atoms with van der Waals surface area (Å²) in [6, 6.07) is 3.82. The van der Waals surface area contributed by atoms with Gasteiger partial charge >= 0.3 is 0 Å². The Morgan fingerprint density at radius 2 is 2.24 bits per heavy atom. The fourth-order valence-corrected chi connectivity index (χ4v) is 3.39. The standard InChI is InChI=1S/C19H26N4O2/c1-13-16(19(24)21-7-8-25-15-3-2-4-15)5-6-18-17(13)12-23(22-18)11-14-9-20-10-14/h5-6,12,14-15,20H,2-4,7-11H2,1H3,(H,21,24). The molecule has 2 aromatic rings. The average Bonchev–Trinajstić information content (AvgIpc) is 2.93. The predicted molar refractivity (Wildman–Crippen MR) is 96.8 cm³/mol. The highest BCUT2D eigenvalue weighted by Gasteiger charge is 2.19. The van der Waals surface area contributed by atoms with Gasteiger partial charge in [-0.05, 0) is 43.9 Å². The van der Waals surface area contributed by atoms with Gasteiger partial charge in [0.25, 0.3) is 5.91 Å². The van der Waals surface area contributed by atoms with Crippen molar-refractivity contribution in [2.24, 2.45) is 5.92 Å². The summed E-state index contributed by atoms with van der Waals surface area (Å²) in [4.78, 5) is 12.5. The summed E-state index contributed by atoms with van der Waals surface area (Å²) in [7, 11) is 0. The molecule has 1 saturated heterocycles. The van der Waals surface area contributed by atoms with Gasteiger partial charge in [0.2, 0.25) is 0 Å². The Hall–Kier alpha value is -1.92. The SMILES string of the molecule is Cc1c(C(=O)NCCOC2CCC2)ccc2nn(CC3CNC3)cc12. The van der Waals surface area contributed by atoms with Crippen molar-refractivity contribution >= 4 is 16.8 Å². The van der Waals surface area contributed by atoms with Crippen LogP contribution in [0.3, 0.4) is 0 Å². The maximum atomic E-state index is 12.5. The monoisotopic (exact) mass is 342 g/mol. The number of nitrogens with one attached hydrogen (secondary N) is 2. The van der Waals surface area contributed by atoms with Crippen LogP contribution in [0.5, 0.6) is 0 Å². The Morgan fingerprint density at radius 1 is 1.40 bits per heavy atom. The van der Waals surface area contributed by atoms with Crippen molar-refractivity contribution in [3.8, 4) is 0 Å². The van der Waals surface area contributed by atoms with Crippen LogP contribution in [0.15, 0.2) is 18.3 Å². The molecule has 0 unspecified atom stereocenters. The summed E-state index contributed by atoms with van der Waals surface area (Å²) in [5, 5.41) is 12.0. The van der Waals surface area contributed by atoms with Crippen molar-refractivity contribution in [2.75, 3.05) is 26.2 Å². The number of fused-ring (bicyclic) bond motifs is 1. The van der Waals surface area contributed by atoms with Gasteiger partial charge in [-0.15, -0.1) is 0 Å². The summed E-state index contributed by atoms with van der Waals surface area (Å²) >= 11 is 0. The molecule has 2 fully saturated rings. The van der Waals surface area contributed by atoms with Crippen molar-refractivity contribution in [1.29, 1.82) is 0 Å². The number of aromatic nitrogens is 2. The van der Waals surface area contributed by atoms with E-state index in [1.54, 1.807) is 0 Å². The van der Waals surface area contributed by atoms with Gasteiger partial charge in [0.1, 0.15) is 0 Å². The van der Waals surface area contributed by atoms with Crippen LogP contribution in [0.4, 0.5) is 0 Å².